The Morgan fingerprint density at radius 2 is 1.89 bits per heavy atom. The Balaban J connectivity index is 2.06. The van der Waals surface area contributed by atoms with Crippen LogP contribution in [0.15, 0.2) is 23.1 Å². The van der Waals surface area contributed by atoms with E-state index >= 15 is 0 Å². The lowest BCUT2D eigenvalue weighted by Gasteiger charge is -2.15. The van der Waals surface area contributed by atoms with Crippen molar-refractivity contribution in [3.63, 3.8) is 0 Å². The highest BCUT2D eigenvalue weighted by Gasteiger charge is 2.26. The fourth-order valence-electron chi connectivity index (χ4n) is 2.81. The third-order valence-corrected chi connectivity index (χ3v) is 4.14. The Morgan fingerprint density at radius 1 is 1.22 bits per heavy atom. The fourth-order valence-corrected chi connectivity index (χ4v) is 2.81. The molecule has 1 atom stereocenters. The number of ether oxygens (including phenoxy) is 2. The van der Waals surface area contributed by atoms with Crippen molar-refractivity contribution in [2.45, 2.75) is 25.9 Å². The molecule has 0 aliphatic carbocycles. The normalized spacial score (nSPS) is 13.4. The van der Waals surface area contributed by atoms with Crippen LogP contribution in [0.5, 0.6) is 11.5 Å². The maximum Gasteiger partial charge on any atom is 0.326 e. The Morgan fingerprint density at radius 3 is 2.48 bits per heavy atom. The molecule has 0 spiro atoms. The zero-order valence-electron chi connectivity index (χ0n) is 14.2. The van der Waals surface area contributed by atoms with E-state index in [1.807, 2.05) is 0 Å². The van der Waals surface area contributed by atoms with Crippen molar-refractivity contribution in [2.75, 3.05) is 6.79 Å². The number of carboxylic acid groups (broad SMARTS) is 2. The van der Waals surface area contributed by atoms with E-state index in [0.29, 0.717) is 23.6 Å². The van der Waals surface area contributed by atoms with Gasteiger partial charge in [0.05, 0.1) is 17.3 Å². The monoisotopic (exact) mass is 376 g/mol. The van der Waals surface area contributed by atoms with Gasteiger partial charge in [-0.3, -0.25) is 14.4 Å². The van der Waals surface area contributed by atoms with Crippen molar-refractivity contribution in [1.29, 1.82) is 0 Å². The molecule has 2 aromatic rings. The molecule has 0 radical (unpaired) electrons. The number of hydrogen-bond donors (Lipinski definition) is 3. The van der Waals surface area contributed by atoms with Gasteiger partial charge in [-0.25, -0.2) is 4.79 Å². The number of pyridine rings is 1. The molecular weight excluding hydrogens is 360 g/mol. The van der Waals surface area contributed by atoms with Crippen molar-refractivity contribution in [3.05, 3.63) is 34.1 Å². The average Bonchev–Trinajstić information content (AvgIpc) is 3.07. The summed E-state index contributed by atoms with van der Waals surface area (Å²) >= 11 is 0. The van der Waals surface area contributed by atoms with Gasteiger partial charge in [0.2, 0.25) is 12.2 Å². The van der Waals surface area contributed by atoms with Crippen LogP contribution in [0.3, 0.4) is 0 Å². The molecule has 142 valence electrons. The van der Waals surface area contributed by atoms with E-state index in [4.69, 9.17) is 19.7 Å². The van der Waals surface area contributed by atoms with Crippen molar-refractivity contribution < 1.29 is 34.1 Å². The third kappa shape index (κ3) is 3.41. The summed E-state index contributed by atoms with van der Waals surface area (Å²) in [6.07, 6.45) is 0.497. The molecule has 3 rings (SSSR count). The largest absolute Gasteiger partial charge is 0.481 e. The second-order valence-corrected chi connectivity index (χ2v) is 5.84. The van der Waals surface area contributed by atoms with E-state index in [9.17, 15) is 19.2 Å². The Labute approximate surface area is 151 Å². The zero-order valence-corrected chi connectivity index (χ0v) is 14.2. The molecule has 1 amide bonds. The highest BCUT2D eigenvalue weighted by atomic mass is 16.7. The van der Waals surface area contributed by atoms with Gasteiger partial charge in [0.1, 0.15) is 11.6 Å². The van der Waals surface area contributed by atoms with Crippen molar-refractivity contribution in [1.82, 2.24) is 9.88 Å². The van der Waals surface area contributed by atoms with Crippen LogP contribution in [-0.2, 0) is 16.1 Å². The number of nitrogens with one attached hydrogen (secondary N) is 1. The molecule has 1 aliphatic heterocycles. The minimum atomic E-state index is -1.66. The van der Waals surface area contributed by atoms with Gasteiger partial charge in [-0.2, -0.15) is 0 Å². The van der Waals surface area contributed by atoms with Gasteiger partial charge in [0, 0.05) is 18.8 Å². The molecule has 3 N–H and O–H groups in total. The van der Waals surface area contributed by atoms with E-state index in [2.05, 4.69) is 5.32 Å². The number of aromatic nitrogens is 1. The molecule has 10 heteroatoms. The van der Waals surface area contributed by atoms with Crippen LogP contribution in [0.2, 0.25) is 0 Å². The highest BCUT2D eigenvalue weighted by Crippen LogP contribution is 2.35. The second kappa shape index (κ2) is 6.98. The smallest absolute Gasteiger partial charge is 0.326 e. The van der Waals surface area contributed by atoms with Crippen molar-refractivity contribution >= 4 is 28.7 Å². The number of aliphatic carboxylic acids is 2. The molecule has 27 heavy (non-hydrogen) atoms. The Kier molecular flexibility index (Phi) is 4.72. The number of rotatable bonds is 6. The molecule has 1 aromatic carbocycles. The van der Waals surface area contributed by atoms with Crippen LogP contribution in [-0.4, -0.2) is 45.5 Å². The lowest BCUT2D eigenvalue weighted by atomic mass is 10.1. The number of aryl methyl sites for hydroxylation is 1. The van der Waals surface area contributed by atoms with E-state index in [-0.39, 0.29) is 17.7 Å². The van der Waals surface area contributed by atoms with Crippen molar-refractivity contribution in [3.8, 4) is 11.5 Å². The van der Waals surface area contributed by atoms with Crippen LogP contribution in [0, 0.1) is 0 Å². The molecular formula is C17H16N2O8. The third-order valence-electron chi connectivity index (χ3n) is 4.14. The Bertz CT molecular complexity index is 1010. The van der Waals surface area contributed by atoms with E-state index in [1.54, 1.807) is 17.6 Å². The summed E-state index contributed by atoms with van der Waals surface area (Å²) in [5.74, 6) is -3.01. The number of hydrogen-bond acceptors (Lipinski definition) is 6. The molecule has 0 fully saturated rings. The van der Waals surface area contributed by atoms with E-state index < -0.39 is 35.7 Å². The summed E-state index contributed by atoms with van der Waals surface area (Å²) in [6.45, 7) is 2.25. The topological polar surface area (TPSA) is 144 Å². The molecule has 2 heterocycles. The van der Waals surface area contributed by atoms with Gasteiger partial charge in [-0.1, -0.05) is 0 Å². The number of carboxylic acids is 2. The molecule has 1 aromatic heterocycles. The second-order valence-electron chi connectivity index (χ2n) is 5.84. The first-order valence-corrected chi connectivity index (χ1v) is 8.04. The van der Waals surface area contributed by atoms with Gasteiger partial charge in [-0.15, -0.1) is 0 Å². The molecule has 0 unspecified atom stereocenters. The zero-order chi connectivity index (χ0) is 19.7. The molecule has 10 nitrogen and oxygen atoms in total. The predicted octanol–water partition coefficient (Wildman–Crippen LogP) is 0.408. The first-order valence-electron chi connectivity index (χ1n) is 8.04. The highest BCUT2D eigenvalue weighted by molar-refractivity contribution is 6.00. The van der Waals surface area contributed by atoms with Crippen molar-refractivity contribution in [2.24, 2.45) is 0 Å². The van der Waals surface area contributed by atoms with Crippen LogP contribution in [0.25, 0.3) is 10.9 Å². The lowest BCUT2D eigenvalue weighted by Crippen LogP contribution is -2.43. The minimum absolute atomic E-state index is 0.0226. The fraction of sp³-hybridized carbons (Fsp3) is 0.294. The number of fused-ring (bicyclic) bond motifs is 2. The number of carbonyl (C=O) groups excluding carboxylic acids is 1. The van der Waals surface area contributed by atoms with Gasteiger partial charge in [0.15, 0.2) is 11.5 Å². The SMILES string of the molecule is CCn1cc(C(=O)N[C@@H](CC(=O)O)C(=O)O)c(=O)c2cc3c(cc21)OCO3. The summed E-state index contributed by atoms with van der Waals surface area (Å²) in [6, 6.07) is 1.45. The van der Waals surface area contributed by atoms with E-state index in [0.717, 1.165) is 0 Å². The number of amides is 1. The molecule has 1 aliphatic rings. The quantitative estimate of drug-likeness (QED) is 0.657. The summed E-state index contributed by atoms with van der Waals surface area (Å²) in [5, 5.41) is 20.1. The first kappa shape index (κ1) is 18.2. The van der Waals surface area contributed by atoms with Gasteiger partial charge < -0.3 is 29.6 Å². The average molecular weight is 376 g/mol. The predicted molar refractivity (Wildman–Crippen MR) is 91.1 cm³/mol. The molecule has 0 saturated heterocycles. The first-order chi connectivity index (χ1) is 12.8. The number of nitrogens with zero attached hydrogens (tertiary/aromatic N) is 1. The van der Waals surface area contributed by atoms with Gasteiger partial charge in [0.25, 0.3) is 5.91 Å². The van der Waals surface area contributed by atoms with Crippen LogP contribution in [0.4, 0.5) is 0 Å². The van der Waals surface area contributed by atoms with Gasteiger partial charge in [-0.05, 0) is 13.0 Å². The minimum Gasteiger partial charge on any atom is -0.481 e. The maximum atomic E-state index is 12.8. The number of carbonyl (C=O) groups is 3. The Hall–Kier alpha value is -3.56. The maximum absolute atomic E-state index is 12.8. The number of benzene rings is 1. The van der Waals surface area contributed by atoms with E-state index in [1.165, 1.54) is 12.3 Å². The standard InChI is InChI=1S/C17H16N2O8/c1-2-19-6-9(16(23)18-10(17(24)25)4-14(20)21)15(22)8-3-12-13(5-11(8)19)27-7-26-12/h3,5-6,10H,2,4,7H2,1H3,(H,18,23)(H,20,21)(H,24,25)/t10-/m0/s1. The van der Waals surface area contributed by atoms with Gasteiger partial charge >= 0.3 is 11.9 Å². The molecule has 0 bridgehead atoms. The van der Waals surface area contributed by atoms with Crippen LogP contribution < -0.4 is 20.2 Å². The van der Waals surface area contributed by atoms with Crippen LogP contribution in [0.1, 0.15) is 23.7 Å². The summed E-state index contributed by atoms with van der Waals surface area (Å²) < 4.78 is 12.2. The molecule has 0 saturated carbocycles. The lowest BCUT2D eigenvalue weighted by molar-refractivity contribution is -0.145. The van der Waals surface area contributed by atoms with Crippen LogP contribution >= 0.6 is 0 Å². The summed E-state index contributed by atoms with van der Waals surface area (Å²) in [4.78, 5) is 47.2. The summed E-state index contributed by atoms with van der Waals surface area (Å²) in [7, 11) is 0. The summed E-state index contributed by atoms with van der Waals surface area (Å²) in [5.41, 5.74) is -0.381.